The van der Waals surface area contributed by atoms with Crippen LogP contribution in [0, 0.1) is 5.82 Å². The van der Waals surface area contributed by atoms with Gasteiger partial charge in [0.15, 0.2) is 10.3 Å². The lowest BCUT2D eigenvalue weighted by Gasteiger charge is -2.10. The highest BCUT2D eigenvalue weighted by Gasteiger charge is 2.19. The first-order chi connectivity index (χ1) is 11.8. The topological polar surface area (TPSA) is 103 Å². The molecule has 3 aromatic heterocycles. The second kappa shape index (κ2) is 6.81. The molecule has 0 aliphatic carbocycles. The first-order valence-corrected chi connectivity index (χ1v) is 8.39. The van der Waals surface area contributed by atoms with Gasteiger partial charge in [0.05, 0.1) is 18.1 Å². The largest absolute Gasteiger partial charge is 0.293 e. The molecule has 0 spiro atoms. The lowest BCUT2D eigenvalue weighted by molar-refractivity contribution is -0.117. The highest BCUT2D eigenvalue weighted by Crippen LogP contribution is 2.27. The summed E-state index contributed by atoms with van der Waals surface area (Å²) in [4.78, 5) is 36.0. The minimum absolute atomic E-state index is 0.0176. The Balaban J connectivity index is 1.92. The van der Waals surface area contributed by atoms with Crippen LogP contribution in [0.1, 0.15) is 25.5 Å². The monoisotopic (exact) mass is 382 g/mol. The van der Waals surface area contributed by atoms with Crippen molar-refractivity contribution in [3.05, 3.63) is 38.7 Å². The van der Waals surface area contributed by atoms with Crippen LogP contribution in [0.4, 0.5) is 10.3 Å². The summed E-state index contributed by atoms with van der Waals surface area (Å²) in [6, 6.07) is 0. The van der Waals surface area contributed by atoms with Crippen molar-refractivity contribution in [1.82, 2.24) is 24.7 Å². The number of hydrogen-bond donors (Lipinski definition) is 1. The van der Waals surface area contributed by atoms with E-state index in [0.717, 1.165) is 28.4 Å². The number of carbonyl (C=O) groups is 1. The number of amides is 1. The zero-order valence-corrected chi connectivity index (χ0v) is 14.7. The molecule has 3 aromatic rings. The molecule has 8 nitrogen and oxygen atoms in total. The fraction of sp³-hybridized carbons (Fsp3) is 0.286. The zero-order valence-electron chi connectivity index (χ0n) is 13.2. The molecule has 0 saturated carbocycles. The van der Waals surface area contributed by atoms with Crippen LogP contribution in [0.15, 0.2) is 17.2 Å². The number of halogens is 2. The van der Waals surface area contributed by atoms with Crippen molar-refractivity contribution in [2.75, 3.05) is 5.32 Å². The lowest BCUT2D eigenvalue weighted by Crippen LogP contribution is -2.31. The Labute approximate surface area is 149 Å². The maximum absolute atomic E-state index is 12.8. The molecule has 11 heteroatoms. The molecule has 0 unspecified atom stereocenters. The second-order valence-electron chi connectivity index (χ2n) is 5.42. The zero-order chi connectivity index (χ0) is 18.1. The highest BCUT2D eigenvalue weighted by molar-refractivity contribution is 7.22. The van der Waals surface area contributed by atoms with Crippen LogP contribution in [0.3, 0.4) is 0 Å². The normalized spacial score (nSPS) is 11.2. The summed E-state index contributed by atoms with van der Waals surface area (Å²) in [5, 5.41) is 6.62. The molecule has 3 rings (SSSR count). The van der Waals surface area contributed by atoms with Gasteiger partial charge >= 0.3 is 0 Å². The third-order valence-corrected chi connectivity index (χ3v) is 4.36. The average Bonchev–Trinajstić information content (AvgIpc) is 2.94. The van der Waals surface area contributed by atoms with E-state index in [1.54, 1.807) is 0 Å². The van der Waals surface area contributed by atoms with Gasteiger partial charge in [-0.05, 0) is 5.92 Å². The molecule has 0 aromatic carbocycles. The van der Waals surface area contributed by atoms with E-state index in [1.165, 1.54) is 0 Å². The van der Waals surface area contributed by atoms with Crippen LogP contribution >= 0.6 is 22.9 Å². The molecule has 0 saturated heterocycles. The summed E-state index contributed by atoms with van der Waals surface area (Å²) in [7, 11) is 0. The third-order valence-electron chi connectivity index (χ3n) is 3.21. The van der Waals surface area contributed by atoms with E-state index in [-0.39, 0.29) is 22.9 Å². The molecule has 0 bridgehead atoms. The predicted octanol–water partition coefficient (Wildman–Crippen LogP) is 2.20. The van der Waals surface area contributed by atoms with E-state index in [4.69, 9.17) is 11.6 Å². The molecule has 3 heterocycles. The number of nitrogens with zero attached hydrogens (tertiary/aromatic N) is 5. The molecule has 0 aliphatic rings. The van der Waals surface area contributed by atoms with E-state index in [1.807, 2.05) is 13.8 Å². The van der Waals surface area contributed by atoms with Crippen molar-refractivity contribution in [2.24, 2.45) is 0 Å². The van der Waals surface area contributed by atoms with Crippen LogP contribution in [0.5, 0.6) is 0 Å². The van der Waals surface area contributed by atoms with Gasteiger partial charge in [-0.25, -0.2) is 24.0 Å². The maximum Gasteiger partial charge on any atom is 0.286 e. The van der Waals surface area contributed by atoms with Crippen molar-refractivity contribution in [3.63, 3.8) is 0 Å². The van der Waals surface area contributed by atoms with E-state index in [0.29, 0.717) is 15.9 Å². The fourth-order valence-corrected chi connectivity index (χ4v) is 3.19. The first kappa shape index (κ1) is 17.4. The smallest absolute Gasteiger partial charge is 0.286 e. The number of nitrogens with one attached hydrogen (secondary N) is 1. The number of rotatable bonds is 4. The molecule has 0 fully saturated rings. The number of anilines is 1. The van der Waals surface area contributed by atoms with Crippen LogP contribution in [0.25, 0.3) is 10.2 Å². The Morgan fingerprint density at radius 3 is 2.72 bits per heavy atom. The van der Waals surface area contributed by atoms with Crippen LogP contribution in [-0.2, 0) is 11.3 Å². The minimum Gasteiger partial charge on any atom is -0.293 e. The number of fused-ring (bicyclic) bond motifs is 1. The standard InChI is InChI=1S/C14H12ClFN6O2S/c1-6(2)9-10-11(25-13(15)20-10)12(24)22(21-9)5-8(23)19-14-17-3-7(16)4-18-14/h3-4,6H,5H2,1-2H3,(H,17,18,19,23). The van der Waals surface area contributed by atoms with Crippen molar-refractivity contribution in [1.29, 1.82) is 0 Å². The molecular weight excluding hydrogens is 371 g/mol. The average molecular weight is 383 g/mol. The highest BCUT2D eigenvalue weighted by atomic mass is 35.5. The molecule has 25 heavy (non-hydrogen) atoms. The van der Waals surface area contributed by atoms with Gasteiger partial charge in [0.2, 0.25) is 11.9 Å². The van der Waals surface area contributed by atoms with E-state index < -0.39 is 17.3 Å². The van der Waals surface area contributed by atoms with Crippen LogP contribution < -0.4 is 10.9 Å². The van der Waals surface area contributed by atoms with Crippen molar-refractivity contribution in [3.8, 4) is 0 Å². The number of hydrogen-bond acceptors (Lipinski definition) is 7. The van der Waals surface area contributed by atoms with Crippen LogP contribution in [0.2, 0.25) is 4.47 Å². The molecule has 0 radical (unpaired) electrons. The van der Waals surface area contributed by atoms with E-state index in [9.17, 15) is 14.0 Å². The van der Waals surface area contributed by atoms with E-state index in [2.05, 4.69) is 25.4 Å². The predicted molar refractivity (Wildman–Crippen MR) is 91.4 cm³/mol. The van der Waals surface area contributed by atoms with Crippen molar-refractivity contribution >= 4 is 45.0 Å². The van der Waals surface area contributed by atoms with E-state index >= 15 is 0 Å². The minimum atomic E-state index is -0.620. The Kier molecular flexibility index (Phi) is 4.73. The summed E-state index contributed by atoms with van der Waals surface area (Å²) >= 11 is 6.96. The maximum atomic E-state index is 12.8. The summed E-state index contributed by atoms with van der Waals surface area (Å²) < 4.78 is 14.4. The van der Waals surface area contributed by atoms with Crippen molar-refractivity contribution in [2.45, 2.75) is 26.3 Å². The molecular formula is C14H12ClFN6O2S. The molecule has 1 amide bonds. The fourth-order valence-electron chi connectivity index (χ4n) is 2.13. The SMILES string of the molecule is CC(C)c1nn(CC(=O)Nc2ncc(F)cn2)c(=O)c2sc(Cl)nc12. The van der Waals surface area contributed by atoms with Gasteiger partial charge in [-0.3, -0.25) is 14.9 Å². The van der Waals surface area contributed by atoms with Gasteiger partial charge in [-0.15, -0.1) is 0 Å². The molecule has 130 valence electrons. The summed E-state index contributed by atoms with van der Waals surface area (Å²) in [6.45, 7) is 3.46. The first-order valence-electron chi connectivity index (χ1n) is 7.19. The van der Waals surface area contributed by atoms with Gasteiger partial charge in [-0.1, -0.05) is 36.8 Å². The third kappa shape index (κ3) is 3.64. The summed E-state index contributed by atoms with van der Waals surface area (Å²) in [5.74, 6) is -1.27. The van der Waals surface area contributed by atoms with Gasteiger partial charge in [0.1, 0.15) is 16.8 Å². The second-order valence-corrected chi connectivity index (χ2v) is 7.00. The Morgan fingerprint density at radius 1 is 1.40 bits per heavy atom. The van der Waals surface area contributed by atoms with Gasteiger partial charge in [0, 0.05) is 0 Å². The summed E-state index contributed by atoms with van der Waals surface area (Å²) in [5.41, 5.74) is 0.566. The Morgan fingerprint density at radius 2 is 2.08 bits per heavy atom. The lowest BCUT2D eigenvalue weighted by atomic mass is 10.1. The van der Waals surface area contributed by atoms with Gasteiger partial charge in [-0.2, -0.15) is 5.10 Å². The quantitative estimate of drug-likeness (QED) is 0.742. The Bertz CT molecular complexity index is 1000. The Hall–Kier alpha value is -2.46. The molecule has 0 atom stereocenters. The number of thiazole rings is 1. The number of carbonyl (C=O) groups excluding carboxylic acids is 1. The van der Waals surface area contributed by atoms with Crippen molar-refractivity contribution < 1.29 is 9.18 Å². The number of aromatic nitrogens is 5. The summed E-state index contributed by atoms with van der Waals surface area (Å²) in [6.07, 6.45) is 1.85. The van der Waals surface area contributed by atoms with Crippen LogP contribution in [-0.4, -0.2) is 30.6 Å². The van der Waals surface area contributed by atoms with Gasteiger partial charge < -0.3 is 0 Å². The molecule has 0 aliphatic heterocycles. The van der Waals surface area contributed by atoms with Gasteiger partial charge in [0.25, 0.3) is 5.56 Å². The molecule has 1 N–H and O–H groups in total.